The van der Waals surface area contributed by atoms with E-state index in [1.165, 1.54) is 18.4 Å². The zero-order valence-electron chi connectivity index (χ0n) is 15.1. The van der Waals surface area contributed by atoms with Gasteiger partial charge >= 0.3 is 6.09 Å². The van der Waals surface area contributed by atoms with Crippen molar-refractivity contribution in [3.8, 4) is 0 Å². The van der Waals surface area contributed by atoms with E-state index in [-0.39, 0.29) is 0 Å². The van der Waals surface area contributed by atoms with Crippen LogP contribution in [0.1, 0.15) is 32.6 Å². The number of rotatable bonds is 10. The van der Waals surface area contributed by atoms with Crippen LogP contribution in [0.2, 0.25) is 0 Å². The molecule has 1 amide bonds. The van der Waals surface area contributed by atoms with Crippen molar-refractivity contribution in [2.75, 3.05) is 24.7 Å². The minimum atomic E-state index is -0.549. The number of nitrogens with one attached hydrogen (secondary N) is 2. The molecule has 1 aromatic heterocycles. The summed E-state index contributed by atoms with van der Waals surface area (Å²) in [4.78, 5) is 22.5. The van der Waals surface area contributed by atoms with Crippen LogP contribution >= 0.6 is 11.8 Å². The fourth-order valence-corrected chi connectivity index (χ4v) is 3.49. The number of thioether (sulfide) groups is 1. The third-order valence-electron chi connectivity index (χ3n) is 4.00. The first kappa shape index (κ1) is 19.9. The Morgan fingerprint density at radius 2 is 2.31 bits per heavy atom. The van der Waals surface area contributed by atoms with Crippen LogP contribution in [0, 0.1) is 5.92 Å². The third-order valence-corrected chi connectivity index (χ3v) is 5.08. The normalized spacial score (nSPS) is 11.8. The third kappa shape index (κ3) is 6.50. The lowest BCUT2D eigenvalue weighted by molar-refractivity contribution is 0.186. The molecule has 140 valence electrons. The Morgan fingerprint density at radius 3 is 3.08 bits per heavy atom. The largest absolute Gasteiger partial charge is 0.453 e. The van der Waals surface area contributed by atoms with Gasteiger partial charge in [0.1, 0.15) is 0 Å². The Morgan fingerprint density at radius 1 is 1.46 bits per heavy atom. The quantitative estimate of drug-likeness (QED) is 0.191. The number of ether oxygens (including phenoxy) is 1. The molecule has 1 heterocycles. The molecule has 9 heteroatoms. The first-order valence-electron chi connectivity index (χ1n) is 8.60. The highest BCUT2D eigenvalue weighted by atomic mass is 32.2. The molecule has 0 bridgehead atoms. The first-order chi connectivity index (χ1) is 12.6. The number of carbonyl (C=O) groups excluding carboxylic acids is 1. The van der Waals surface area contributed by atoms with Gasteiger partial charge in [-0.1, -0.05) is 24.9 Å². The molecule has 0 spiro atoms. The number of hydrogen-bond donors (Lipinski definition) is 2. The average Bonchev–Trinajstić information content (AvgIpc) is 3.03. The monoisotopic (exact) mass is 376 g/mol. The Kier molecular flexibility index (Phi) is 8.11. The van der Waals surface area contributed by atoms with Crippen LogP contribution in [0.4, 0.5) is 10.7 Å². The molecule has 0 radical (unpaired) electrons. The highest BCUT2D eigenvalue weighted by Crippen LogP contribution is 2.25. The molecule has 0 aliphatic carbocycles. The summed E-state index contributed by atoms with van der Waals surface area (Å²) in [6, 6.07) is 6.02. The van der Waals surface area contributed by atoms with Gasteiger partial charge in [-0.05, 0) is 48.2 Å². The molecule has 1 aromatic carbocycles. The summed E-state index contributed by atoms with van der Waals surface area (Å²) in [5.74, 6) is 2.02. The van der Waals surface area contributed by atoms with Crippen LogP contribution in [0.15, 0.2) is 28.2 Å². The van der Waals surface area contributed by atoms with E-state index in [0.717, 1.165) is 36.0 Å². The highest BCUT2D eigenvalue weighted by molar-refractivity contribution is 7.99. The predicted octanol–water partition coefficient (Wildman–Crippen LogP) is 5.34. The molecular formula is C17H24N6O2S. The number of aromatic nitrogens is 2. The molecule has 8 nitrogen and oxygen atoms in total. The van der Waals surface area contributed by atoms with Crippen molar-refractivity contribution in [1.82, 2.24) is 9.97 Å². The lowest BCUT2D eigenvalue weighted by atomic mass is 10.0. The maximum absolute atomic E-state index is 11.2. The molecule has 0 saturated heterocycles. The number of hydrogen-bond acceptors (Lipinski definition) is 5. The molecular weight excluding hydrogens is 352 g/mol. The van der Waals surface area contributed by atoms with Crippen molar-refractivity contribution in [2.45, 2.75) is 37.5 Å². The van der Waals surface area contributed by atoms with Crippen LogP contribution in [0.3, 0.4) is 0 Å². The van der Waals surface area contributed by atoms with E-state index in [9.17, 15) is 4.79 Å². The van der Waals surface area contributed by atoms with E-state index in [1.54, 1.807) is 0 Å². The number of methoxy groups -OCH3 is 1. The molecule has 1 atom stereocenters. The summed E-state index contributed by atoms with van der Waals surface area (Å²) in [6.45, 7) is 2.79. The van der Waals surface area contributed by atoms with Crippen LogP contribution in [-0.2, 0) is 4.74 Å². The number of amides is 1. The van der Waals surface area contributed by atoms with Crippen LogP contribution in [0.5, 0.6) is 0 Å². The van der Waals surface area contributed by atoms with Crippen molar-refractivity contribution in [3.63, 3.8) is 0 Å². The zero-order chi connectivity index (χ0) is 18.8. The summed E-state index contributed by atoms with van der Waals surface area (Å²) in [5.41, 5.74) is 9.96. The van der Waals surface area contributed by atoms with Gasteiger partial charge < -0.3 is 9.72 Å². The number of aromatic amines is 1. The number of H-pyrrole nitrogens is 1. The summed E-state index contributed by atoms with van der Waals surface area (Å²) in [7, 11) is 1.31. The fraction of sp³-hybridized carbons (Fsp3) is 0.529. The van der Waals surface area contributed by atoms with Crippen LogP contribution in [-0.4, -0.2) is 35.5 Å². The summed E-state index contributed by atoms with van der Waals surface area (Å²) >= 11 is 1.81. The number of carbonyl (C=O) groups is 1. The zero-order valence-corrected chi connectivity index (χ0v) is 15.9. The second-order valence-electron chi connectivity index (χ2n) is 6.07. The fourth-order valence-electron chi connectivity index (χ4n) is 2.54. The second-order valence-corrected chi connectivity index (χ2v) is 7.24. The van der Waals surface area contributed by atoms with Crippen molar-refractivity contribution in [3.05, 3.63) is 28.6 Å². The van der Waals surface area contributed by atoms with Gasteiger partial charge in [-0.25, -0.2) is 9.78 Å². The van der Waals surface area contributed by atoms with Gasteiger partial charge in [0.2, 0.25) is 5.95 Å². The number of azide groups is 1. The van der Waals surface area contributed by atoms with Gasteiger partial charge in [0, 0.05) is 16.4 Å². The lowest BCUT2D eigenvalue weighted by Gasteiger charge is -2.09. The summed E-state index contributed by atoms with van der Waals surface area (Å²) in [5, 5.41) is 6.11. The number of unbranched alkanes of at least 4 members (excludes halogenated alkanes) is 1. The number of imidazole rings is 1. The van der Waals surface area contributed by atoms with E-state index in [1.807, 2.05) is 30.0 Å². The standard InChI is InChI=1S/C17H24N6O2S/c1-12(8-9-19-23-18)5-3-4-10-26-13-6-7-14-15(11-13)21-16(20-14)22-17(24)25-2/h6-7,11-12H,3-5,8-10H2,1-2H3,(H2,20,21,22,24). The van der Waals surface area contributed by atoms with Gasteiger partial charge in [0.15, 0.2) is 0 Å². The second kappa shape index (κ2) is 10.6. The van der Waals surface area contributed by atoms with E-state index in [2.05, 4.69) is 37.0 Å². The number of fused-ring (bicyclic) bond motifs is 1. The van der Waals surface area contributed by atoms with Gasteiger partial charge in [-0.3, -0.25) is 5.32 Å². The van der Waals surface area contributed by atoms with Gasteiger partial charge in [-0.15, -0.1) is 11.8 Å². The topological polar surface area (TPSA) is 116 Å². The molecule has 2 aromatic rings. The number of nitrogens with zero attached hydrogens (tertiary/aromatic N) is 4. The molecule has 26 heavy (non-hydrogen) atoms. The van der Waals surface area contributed by atoms with E-state index in [0.29, 0.717) is 18.4 Å². The maximum Gasteiger partial charge on any atom is 0.413 e. The van der Waals surface area contributed by atoms with Crippen LogP contribution in [0.25, 0.3) is 21.5 Å². The van der Waals surface area contributed by atoms with Gasteiger partial charge in [0.05, 0.1) is 18.1 Å². The SMILES string of the molecule is COC(=O)Nc1nc2ccc(SCCCCC(C)CCN=[N+]=[N-])cc2[nH]1. The van der Waals surface area contributed by atoms with Crippen LogP contribution < -0.4 is 5.32 Å². The van der Waals surface area contributed by atoms with E-state index >= 15 is 0 Å². The van der Waals surface area contributed by atoms with E-state index < -0.39 is 6.09 Å². The summed E-state index contributed by atoms with van der Waals surface area (Å²) in [6.07, 6.45) is 3.88. The average molecular weight is 376 g/mol. The molecule has 0 aliphatic heterocycles. The minimum absolute atomic E-state index is 0.378. The van der Waals surface area contributed by atoms with E-state index in [4.69, 9.17) is 5.53 Å². The Labute approximate surface area is 156 Å². The number of anilines is 1. The minimum Gasteiger partial charge on any atom is -0.453 e. The Balaban J connectivity index is 1.74. The van der Waals surface area contributed by atoms with Crippen molar-refractivity contribution < 1.29 is 9.53 Å². The molecule has 2 rings (SSSR count). The molecule has 1 unspecified atom stereocenters. The Bertz CT molecular complexity index is 772. The molecule has 0 fully saturated rings. The van der Waals surface area contributed by atoms with Crippen molar-refractivity contribution in [1.29, 1.82) is 0 Å². The van der Waals surface area contributed by atoms with Crippen molar-refractivity contribution in [2.24, 2.45) is 11.0 Å². The smallest absolute Gasteiger partial charge is 0.413 e. The highest BCUT2D eigenvalue weighted by Gasteiger charge is 2.07. The van der Waals surface area contributed by atoms with Crippen molar-refractivity contribution >= 4 is 34.8 Å². The summed E-state index contributed by atoms with van der Waals surface area (Å²) < 4.78 is 4.56. The number of benzene rings is 1. The van der Waals surface area contributed by atoms with Gasteiger partial charge in [0.25, 0.3) is 0 Å². The lowest BCUT2D eigenvalue weighted by Crippen LogP contribution is -2.11. The Hall–Kier alpha value is -2.38. The van der Waals surface area contributed by atoms with Gasteiger partial charge in [-0.2, -0.15) is 0 Å². The molecule has 0 saturated carbocycles. The molecule has 0 aliphatic rings. The maximum atomic E-state index is 11.2. The molecule has 2 N–H and O–H groups in total. The predicted molar refractivity (Wildman–Crippen MR) is 104 cm³/mol. The first-order valence-corrected chi connectivity index (χ1v) is 9.59.